The van der Waals surface area contributed by atoms with Crippen LogP contribution in [0.4, 0.5) is 0 Å². The molecule has 4 nitrogen and oxygen atoms in total. The van der Waals surface area contributed by atoms with E-state index < -0.39 is 5.97 Å². The largest absolute Gasteiger partial charge is 0.478 e. The molecule has 1 N–H and O–H groups in total. The molecule has 3 aromatic rings. The molecular formula is C16H10ClNO3. The van der Waals surface area contributed by atoms with Crippen molar-refractivity contribution < 1.29 is 14.6 Å². The lowest BCUT2D eigenvalue weighted by Crippen LogP contribution is -1.96. The first-order valence-electron chi connectivity index (χ1n) is 6.20. The number of pyridine rings is 1. The van der Waals surface area contributed by atoms with E-state index in [1.807, 2.05) is 30.3 Å². The first-order valence-corrected chi connectivity index (χ1v) is 6.58. The summed E-state index contributed by atoms with van der Waals surface area (Å²) in [4.78, 5) is 15.2. The highest BCUT2D eigenvalue weighted by Gasteiger charge is 2.09. The molecule has 0 aliphatic rings. The molecule has 0 fully saturated rings. The van der Waals surface area contributed by atoms with Gasteiger partial charge in [-0.3, -0.25) is 0 Å². The SMILES string of the molecule is O=C(O)c1ccc(Oc2ccc3ccccc3n2)c(Cl)c1. The van der Waals surface area contributed by atoms with Gasteiger partial charge in [0.05, 0.1) is 16.1 Å². The number of rotatable bonds is 3. The van der Waals surface area contributed by atoms with E-state index >= 15 is 0 Å². The van der Waals surface area contributed by atoms with Crippen molar-refractivity contribution in [1.82, 2.24) is 4.98 Å². The number of carbonyl (C=O) groups is 1. The van der Waals surface area contributed by atoms with Gasteiger partial charge in [0.1, 0.15) is 5.75 Å². The zero-order valence-electron chi connectivity index (χ0n) is 10.8. The molecule has 2 aromatic carbocycles. The fraction of sp³-hybridized carbons (Fsp3) is 0. The van der Waals surface area contributed by atoms with Crippen LogP contribution in [0.15, 0.2) is 54.6 Å². The highest BCUT2D eigenvalue weighted by molar-refractivity contribution is 6.32. The lowest BCUT2D eigenvalue weighted by molar-refractivity contribution is 0.0697. The Morgan fingerprint density at radius 3 is 2.67 bits per heavy atom. The van der Waals surface area contributed by atoms with Gasteiger partial charge in [0.25, 0.3) is 0 Å². The first-order chi connectivity index (χ1) is 10.1. The molecule has 1 aromatic heterocycles. The third-order valence-corrected chi connectivity index (χ3v) is 3.26. The van der Waals surface area contributed by atoms with Gasteiger partial charge >= 0.3 is 5.97 Å². The number of carboxylic acid groups (broad SMARTS) is 1. The molecule has 5 heteroatoms. The van der Waals surface area contributed by atoms with E-state index in [0.29, 0.717) is 11.6 Å². The minimum absolute atomic E-state index is 0.110. The number of halogens is 1. The molecular weight excluding hydrogens is 290 g/mol. The number of hydrogen-bond donors (Lipinski definition) is 1. The average Bonchev–Trinajstić information content (AvgIpc) is 2.49. The molecule has 21 heavy (non-hydrogen) atoms. The van der Waals surface area contributed by atoms with Crippen LogP contribution < -0.4 is 4.74 Å². The van der Waals surface area contributed by atoms with Gasteiger partial charge in [-0.05, 0) is 30.3 Å². The summed E-state index contributed by atoms with van der Waals surface area (Å²) in [6, 6.07) is 15.6. The zero-order valence-corrected chi connectivity index (χ0v) is 11.5. The molecule has 0 saturated heterocycles. The maximum atomic E-state index is 10.9. The molecule has 0 aliphatic carbocycles. The minimum Gasteiger partial charge on any atom is -0.478 e. The summed E-state index contributed by atoms with van der Waals surface area (Å²) in [5, 5.41) is 10.1. The van der Waals surface area contributed by atoms with E-state index in [0.717, 1.165) is 10.9 Å². The smallest absolute Gasteiger partial charge is 0.335 e. The quantitative estimate of drug-likeness (QED) is 0.779. The highest BCUT2D eigenvalue weighted by Crippen LogP contribution is 2.30. The molecule has 0 saturated carbocycles. The number of nitrogens with zero attached hydrogens (tertiary/aromatic N) is 1. The third-order valence-electron chi connectivity index (χ3n) is 2.97. The molecule has 0 unspecified atom stereocenters. The Bertz CT molecular complexity index is 833. The zero-order chi connectivity index (χ0) is 14.8. The first kappa shape index (κ1) is 13.4. The fourth-order valence-corrected chi connectivity index (χ4v) is 2.15. The summed E-state index contributed by atoms with van der Waals surface area (Å²) in [5.74, 6) is -0.268. The molecule has 0 aliphatic heterocycles. The van der Waals surface area contributed by atoms with Gasteiger partial charge in [-0.15, -0.1) is 0 Å². The Morgan fingerprint density at radius 2 is 1.90 bits per heavy atom. The predicted octanol–water partition coefficient (Wildman–Crippen LogP) is 4.38. The number of benzene rings is 2. The average molecular weight is 300 g/mol. The Hall–Kier alpha value is -2.59. The van der Waals surface area contributed by atoms with Crippen LogP contribution in [0.1, 0.15) is 10.4 Å². The van der Waals surface area contributed by atoms with Crippen LogP contribution in [0.5, 0.6) is 11.6 Å². The van der Waals surface area contributed by atoms with Crippen LogP contribution in [0.2, 0.25) is 5.02 Å². The van der Waals surface area contributed by atoms with Gasteiger partial charge in [-0.25, -0.2) is 9.78 Å². The van der Waals surface area contributed by atoms with E-state index in [2.05, 4.69) is 4.98 Å². The van der Waals surface area contributed by atoms with Crippen LogP contribution in [0.3, 0.4) is 0 Å². The van der Waals surface area contributed by atoms with Crippen molar-refractivity contribution in [3.63, 3.8) is 0 Å². The fourth-order valence-electron chi connectivity index (χ4n) is 1.93. The standard InChI is InChI=1S/C16H10ClNO3/c17-12-9-11(16(19)20)5-7-14(12)21-15-8-6-10-3-1-2-4-13(10)18-15/h1-9H,(H,19,20). The molecule has 0 spiro atoms. The number of aromatic carboxylic acids is 1. The molecule has 0 atom stereocenters. The molecule has 104 valence electrons. The van der Waals surface area contributed by atoms with E-state index in [1.165, 1.54) is 18.2 Å². The van der Waals surface area contributed by atoms with Gasteiger partial charge in [0.15, 0.2) is 0 Å². The number of fused-ring (bicyclic) bond motifs is 1. The second kappa shape index (κ2) is 5.42. The van der Waals surface area contributed by atoms with Crippen molar-refractivity contribution in [3.05, 3.63) is 65.2 Å². The van der Waals surface area contributed by atoms with Crippen molar-refractivity contribution in [2.24, 2.45) is 0 Å². The van der Waals surface area contributed by atoms with E-state index in [9.17, 15) is 4.79 Å². The van der Waals surface area contributed by atoms with Gasteiger partial charge < -0.3 is 9.84 Å². The van der Waals surface area contributed by atoms with Gasteiger partial charge in [-0.1, -0.05) is 29.8 Å². The van der Waals surface area contributed by atoms with Crippen molar-refractivity contribution >= 4 is 28.5 Å². The van der Waals surface area contributed by atoms with Gasteiger partial charge in [0, 0.05) is 11.5 Å². The van der Waals surface area contributed by atoms with Gasteiger partial charge in [0.2, 0.25) is 5.88 Å². The van der Waals surface area contributed by atoms with Crippen molar-refractivity contribution in [1.29, 1.82) is 0 Å². The van der Waals surface area contributed by atoms with Crippen molar-refractivity contribution in [2.45, 2.75) is 0 Å². The molecule has 0 amide bonds. The summed E-state index contributed by atoms with van der Waals surface area (Å²) < 4.78 is 5.62. The lowest BCUT2D eigenvalue weighted by atomic mass is 10.2. The van der Waals surface area contributed by atoms with Crippen molar-refractivity contribution in [2.75, 3.05) is 0 Å². The minimum atomic E-state index is -1.03. The third kappa shape index (κ3) is 2.80. The van der Waals surface area contributed by atoms with Crippen molar-refractivity contribution in [3.8, 4) is 11.6 Å². The number of hydrogen-bond acceptors (Lipinski definition) is 3. The van der Waals surface area contributed by atoms with Crippen LogP contribution in [0, 0.1) is 0 Å². The van der Waals surface area contributed by atoms with Gasteiger partial charge in [-0.2, -0.15) is 0 Å². The molecule has 1 heterocycles. The summed E-state index contributed by atoms with van der Waals surface area (Å²) in [7, 11) is 0. The predicted molar refractivity (Wildman–Crippen MR) is 80.2 cm³/mol. The maximum absolute atomic E-state index is 10.9. The number of aromatic nitrogens is 1. The second-order valence-electron chi connectivity index (χ2n) is 4.39. The topological polar surface area (TPSA) is 59.4 Å². The molecule has 3 rings (SSSR count). The summed E-state index contributed by atoms with van der Waals surface area (Å²) >= 11 is 6.03. The van der Waals surface area contributed by atoms with E-state index in [4.69, 9.17) is 21.4 Å². The Morgan fingerprint density at radius 1 is 1.10 bits per heavy atom. The summed E-state index contributed by atoms with van der Waals surface area (Å²) in [6.45, 7) is 0. The van der Waals surface area contributed by atoms with Crippen LogP contribution in [-0.2, 0) is 0 Å². The van der Waals surface area contributed by atoms with E-state index in [-0.39, 0.29) is 10.6 Å². The summed E-state index contributed by atoms with van der Waals surface area (Å²) in [6.07, 6.45) is 0. The summed E-state index contributed by atoms with van der Waals surface area (Å²) in [5.41, 5.74) is 0.923. The number of ether oxygens (including phenoxy) is 1. The van der Waals surface area contributed by atoms with Crippen LogP contribution in [-0.4, -0.2) is 16.1 Å². The van der Waals surface area contributed by atoms with Crippen LogP contribution in [0.25, 0.3) is 10.9 Å². The number of carboxylic acids is 1. The number of para-hydroxylation sites is 1. The highest BCUT2D eigenvalue weighted by atomic mass is 35.5. The normalized spacial score (nSPS) is 10.5. The molecule has 0 bridgehead atoms. The Kier molecular flexibility index (Phi) is 3.46. The second-order valence-corrected chi connectivity index (χ2v) is 4.80. The Balaban J connectivity index is 1.93. The van der Waals surface area contributed by atoms with Crippen LogP contribution >= 0.6 is 11.6 Å². The Labute approximate surface area is 125 Å². The molecule has 0 radical (unpaired) electrons. The van der Waals surface area contributed by atoms with E-state index in [1.54, 1.807) is 6.07 Å². The maximum Gasteiger partial charge on any atom is 0.335 e. The lowest BCUT2D eigenvalue weighted by Gasteiger charge is -2.08. The monoisotopic (exact) mass is 299 g/mol.